The van der Waals surface area contributed by atoms with Gasteiger partial charge in [-0.3, -0.25) is 9.59 Å². The molecule has 0 spiro atoms. The summed E-state index contributed by atoms with van der Waals surface area (Å²) in [6.45, 7) is 2.44. The SMILES string of the molecule is CC(=O)/C=C(O)\C(O)=C/C(C)=O. The minimum atomic E-state index is -0.599. The molecule has 0 aromatic carbocycles. The average Bonchev–Trinajstić information content (AvgIpc) is 1.84. The summed E-state index contributed by atoms with van der Waals surface area (Å²) in [7, 11) is 0. The highest BCUT2D eigenvalue weighted by molar-refractivity contribution is 5.90. The highest BCUT2D eigenvalue weighted by atomic mass is 16.3. The van der Waals surface area contributed by atoms with Crippen molar-refractivity contribution >= 4 is 11.6 Å². The number of allylic oxidation sites excluding steroid dienone is 2. The van der Waals surface area contributed by atoms with E-state index in [0.717, 1.165) is 12.2 Å². The normalized spacial score (nSPS) is 12.8. The van der Waals surface area contributed by atoms with E-state index in [-0.39, 0.29) is 0 Å². The van der Waals surface area contributed by atoms with Crippen LogP contribution in [0.1, 0.15) is 13.8 Å². The van der Waals surface area contributed by atoms with Crippen LogP contribution in [0.25, 0.3) is 0 Å². The Balaban J connectivity index is 4.59. The Bertz CT molecular complexity index is 232. The molecule has 0 saturated heterocycles. The fourth-order valence-corrected chi connectivity index (χ4v) is 0.533. The summed E-state index contributed by atoms with van der Waals surface area (Å²) in [6.07, 6.45) is 1.66. The number of hydrogen-bond acceptors (Lipinski definition) is 4. The van der Waals surface area contributed by atoms with E-state index >= 15 is 0 Å². The number of carbonyl (C=O) groups excluding carboxylic acids is 2. The molecule has 0 aliphatic heterocycles. The highest BCUT2D eigenvalue weighted by Gasteiger charge is 2.02. The Kier molecular flexibility index (Phi) is 3.76. The van der Waals surface area contributed by atoms with Crippen molar-refractivity contribution in [2.45, 2.75) is 13.8 Å². The fourth-order valence-electron chi connectivity index (χ4n) is 0.533. The van der Waals surface area contributed by atoms with Crippen LogP contribution in [0, 0.1) is 0 Å². The molecule has 0 unspecified atom stereocenters. The van der Waals surface area contributed by atoms with Crippen LogP contribution < -0.4 is 0 Å². The Labute approximate surface area is 69.8 Å². The lowest BCUT2D eigenvalue weighted by molar-refractivity contribution is -0.113. The van der Waals surface area contributed by atoms with Crippen LogP contribution in [0.4, 0.5) is 0 Å². The zero-order valence-electron chi connectivity index (χ0n) is 6.87. The molecular formula is C8H10O4. The number of aliphatic hydroxyl groups excluding tert-OH is 2. The molecule has 0 atom stereocenters. The molecule has 0 radical (unpaired) electrons. The van der Waals surface area contributed by atoms with Gasteiger partial charge in [0.2, 0.25) is 0 Å². The van der Waals surface area contributed by atoms with Crippen LogP contribution in [0.5, 0.6) is 0 Å². The summed E-state index contributed by atoms with van der Waals surface area (Å²) in [6, 6.07) is 0. The van der Waals surface area contributed by atoms with E-state index in [4.69, 9.17) is 10.2 Å². The standard InChI is InChI=1S/C8H10O4/c1-5(9)3-7(11)8(12)4-6(2)10/h3-4,11-12H,1-2H3/b7-3+,8-4+. The third-order valence-corrected chi connectivity index (χ3v) is 0.942. The third-order valence-electron chi connectivity index (χ3n) is 0.942. The molecule has 0 aliphatic rings. The summed E-state index contributed by atoms with van der Waals surface area (Å²) in [5, 5.41) is 17.8. The van der Waals surface area contributed by atoms with Crippen molar-refractivity contribution in [3.05, 3.63) is 23.7 Å². The maximum Gasteiger partial charge on any atom is 0.161 e. The van der Waals surface area contributed by atoms with Crippen LogP contribution in [0.2, 0.25) is 0 Å². The van der Waals surface area contributed by atoms with E-state index in [1.165, 1.54) is 13.8 Å². The largest absolute Gasteiger partial charge is 0.504 e. The number of rotatable bonds is 3. The third kappa shape index (κ3) is 4.27. The Morgan fingerprint density at radius 3 is 1.33 bits per heavy atom. The molecule has 12 heavy (non-hydrogen) atoms. The van der Waals surface area contributed by atoms with Crippen LogP contribution in [-0.4, -0.2) is 21.8 Å². The molecular weight excluding hydrogens is 160 g/mol. The number of ketones is 2. The molecule has 0 fully saturated rings. The van der Waals surface area contributed by atoms with Gasteiger partial charge in [-0.1, -0.05) is 0 Å². The first kappa shape index (κ1) is 10.4. The van der Waals surface area contributed by atoms with E-state index < -0.39 is 23.1 Å². The zero-order chi connectivity index (χ0) is 9.72. The molecule has 0 bridgehead atoms. The van der Waals surface area contributed by atoms with Gasteiger partial charge in [-0.25, -0.2) is 0 Å². The quantitative estimate of drug-likeness (QED) is 0.377. The lowest BCUT2D eigenvalue weighted by Gasteiger charge is -1.95. The van der Waals surface area contributed by atoms with Crippen LogP contribution >= 0.6 is 0 Å². The first-order valence-corrected chi connectivity index (χ1v) is 3.26. The number of carbonyl (C=O) groups is 2. The first-order chi connectivity index (χ1) is 5.43. The number of hydrogen-bond donors (Lipinski definition) is 2. The average molecular weight is 170 g/mol. The molecule has 0 aliphatic carbocycles. The summed E-state index contributed by atoms with van der Waals surface area (Å²) in [4.78, 5) is 20.8. The predicted molar refractivity (Wildman–Crippen MR) is 42.8 cm³/mol. The molecule has 66 valence electrons. The lowest BCUT2D eigenvalue weighted by Crippen LogP contribution is -1.95. The minimum Gasteiger partial charge on any atom is -0.504 e. The van der Waals surface area contributed by atoms with E-state index in [9.17, 15) is 9.59 Å². The summed E-state index contributed by atoms with van der Waals surface area (Å²) >= 11 is 0. The summed E-state index contributed by atoms with van der Waals surface area (Å²) < 4.78 is 0. The van der Waals surface area contributed by atoms with Crippen molar-refractivity contribution in [2.24, 2.45) is 0 Å². The van der Waals surface area contributed by atoms with Crippen molar-refractivity contribution in [2.75, 3.05) is 0 Å². The van der Waals surface area contributed by atoms with Gasteiger partial charge in [0.15, 0.2) is 23.1 Å². The second kappa shape index (κ2) is 4.33. The van der Waals surface area contributed by atoms with E-state index in [2.05, 4.69) is 0 Å². The monoisotopic (exact) mass is 170 g/mol. The van der Waals surface area contributed by atoms with E-state index in [1.807, 2.05) is 0 Å². The van der Waals surface area contributed by atoms with Gasteiger partial charge >= 0.3 is 0 Å². The molecule has 4 heteroatoms. The van der Waals surface area contributed by atoms with Gasteiger partial charge in [0, 0.05) is 12.2 Å². The topological polar surface area (TPSA) is 74.6 Å². The molecule has 0 amide bonds. The van der Waals surface area contributed by atoms with Gasteiger partial charge in [0.1, 0.15) is 0 Å². The predicted octanol–water partition coefficient (Wildman–Crippen LogP) is 1.05. The Hall–Kier alpha value is -1.58. The van der Waals surface area contributed by atoms with Crippen LogP contribution in [0.3, 0.4) is 0 Å². The summed E-state index contributed by atoms with van der Waals surface area (Å²) in [5.74, 6) is -2.01. The number of aliphatic hydroxyl groups is 2. The van der Waals surface area contributed by atoms with Gasteiger partial charge in [-0.15, -0.1) is 0 Å². The Morgan fingerprint density at radius 2 is 1.17 bits per heavy atom. The smallest absolute Gasteiger partial charge is 0.161 e. The van der Waals surface area contributed by atoms with Crippen molar-refractivity contribution in [3.63, 3.8) is 0 Å². The minimum absolute atomic E-state index is 0.406. The summed E-state index contributed by atoms with van der Waals surface area (Å²) in [5.41, 5.74) is 0. The van der Waals surface area contributed by atoms with E-state index in [1.54, 1.807) is 0 Å². The second-order valence-corrected chi connectivity index (χ2v) is 2.28. The molecule has 0 saturated carbocycles. The highest BCUT2D eigenvalue weighted by Crippen LogP contribution is 2.01. The van der Waals surface area contributed by atoms with Gasteiger partial charge in [0.25, 0.3) is 0 Å². The molecule has 2 N–H and O–H groups in total. The molecule has 0 aromatic rings. The van der Waals surface area contributed by atoms with Crippen molar-refractivity contribution in [1.29, 1.82) is 0 Å². The van der Waals surface area contributed by atoms with Gasteiger partial charge in [-0.2, -0.15) is 0 Å². The molecule has 0 heterocycles. The van der Waals surface area contributed by atoms with Crippen molar-refractivity contribution in [1.82, 2.24) is 0 Å². The molecule has 0 rings (SSSR count). The maximum absolute atomic E-state index is 10.4. The maximum atomic E-state index is 10.4. The van der Waals surface area contributed by atoms with Crippen LogP contribution in [-0.2, 0) is 9.59 Å². The van der Waals surface area contributed by atoms with Gasteiger partial charge < -0.3 is 10.2 Å². The fraction of sp³-hybridized carbons (Fsp3) is 0.250. The first-order valence-electron chi connectivity index (χ1n) is 3.26. The molecule has 4 nitrogen and oxygen atoms in total. The van der Waals surface area contributed by atoms with Crippen molar-refractivity contribution < 1.29 is 19.8 Å². The lowest BCUT2D eigenvalue weighted by atomic mass is 10.3. The Morgan fingerprint density at radius 1 is 0.917 bits per heavy atom. The van der Waals surface area contributed by atoms with Crippen LogP contribution in [0.15, 0.2) is 23.7 Å². The van der Waals surface area contributed by atoms with Gasteiger partial charge in [-0.05, 0) is 13.8 Å². The van der Waals surface area contributed by atoms with Gasteiger partial charge in [0.05, 0.1) is 0 Å². The zero-order valence-corrected chi connectivity index (χ0v) is 6.87. The van der Waals surface area contributed by atoms with Crippen molar-refractivity contribution in [3.8, 4) is 0 Å². The van der Waals surface area contributed by atoms with E-state index in [0.29, 0.717) is 0 Å². The molecule has 0 aromatic heterocycles. The second-order valence-electron chi connectivity index (χ2n) is 2.28.